The van der Waals surface area contributed by atoms with Crippen molar-refractivity contribution in [1.82, 2.24) is 15.0 Å². The van der Waals surface area contributed by atoms with Gasteiger partial charge >= 0.3 is 0 Å². The average Bonchev–Trinajstić information content (AvgIpc) is 3.24. The summed E-state index contributed by atoms with van der Waals surface area (Å²) in [5.41, 5.74) is 1.89. The molecule has 1 saturated heterocycles. The molecule has 1 N–H and O–H groups in total. The lowest BCUT2D eigenvalue weighted by atomic mass is 10.3. The quantitative estimate of drug-likeness (QED) is 0.580. The first-order chi connectivity index (χ1) is 12.8. The van der Waals surface area contributed by atoms with Gasteiger partial charge in [-0.25, -0.2) is 15.0 Å². The van der Waals surface area contributed by atoms with Crippen LogP contribution < -0.4 is 15.0 Å². The second-order valence-corrected chi connectivity index (χ2v) is 6.61. The number of rotatable bonds is 5. The van der Waals surface area contributed by atoms with Crippen LogP contribution in [-0.2, 0) is 4.74 Å². The minimum absolute atomic E-state index is 0. The van der Waals surface area contributed by atoms with Gasteiger partial charge in [0.1, 0.15) is 16.5 Å². The molecule has 7 nitrogen and oxygen atoms in total. The van der Waals surface area contributed by atoms with E-state index < -0.39 is 0 Å². The molecule has 29 heavy (non-hydrogen) atoms. The molecule has 3 aromatic heterocycles. The average molecular weight is 479 g/mol. The van der Waals surface area contributed by atoms with Crippen LogP contribution in [0.1, 0.15) is 0 Å². The lowest BCUT2D eigenvalue weighted by molar-refractivity contribution is 0.122. The van der Waals surface area contributed by atoms with Crippen LogP contribution in [0.5, 0.6) is 5.75 Å². The fourth-order valence-electron chi connectivity index (χ4n) is 2.76. The van der Waals surface area contributed by atoms with Crippen LogP contribution in [0, 0.1) is 0 Å². The molecule has 0 radical (unpaired) electrons. The van der Waals surface area contributed by atoms with Gasteiger partial charge < -0.3 is 19.7 Å². The van der Waals surface area contributed by atoms with Crippen molar-refractivity contribution in [3.63, 3.8) is 0 Å². The number of methoxy groups -OCH3 is 1. The molecule has 0 atom stereocenters. The van der Waals surface area contributed by atoms with E-state index in [-0.39, 0.29) is 37.2 Å². The molecule has 158 valence electrons. The molecular weight excluding hydrogens is 457 g/mol. The third-order valence-electron chi connectivity index (χ3n) is 4.10. The van der Waals surface area contributed by atoms with Crippen molar-refractivity contribution in [1.29, 1.82) is 0 Å². The summed E-state index contributed by atoms with van der Waals surface area (Å²) in [6, 6.07) is 7.78. The maximum Gasteiger partial charge on any atom is 0.175 e. The van der Waals surface area contributed by atoms with Crippen LogP contribution in [0.15, 0.2) is 42.0 Å². The Kier molecular flexibility index (Phi) is 10.4. The van der Waals surface area contributed by atoms with E-state index in [9.17, 15) is 0 Å². The van der Waals surface area contributed by atoms with Crippen molar-refractivity contribution in [2.75, 3.05) is 43.6 Å². The Balaban J connectivity index is 0.00000140. The van der Waals surface area contributed by atoms with Crippen molar-refractivity contribution in [3.8, 4) is 16.5 Å². The van der Waals surface area contributed by atoms with Gasteiger partial charge in [-0.3, -0.25) is 0 Å². The number of anilines is 3. The Morgan fingerprint density at radius 2 is 1.86 bits per heavy atom. The van der Waals surface area contributed by atoms with Crippen molar-refractivity contribution < 1.29 is 9.47 Å². The minimum Gasteiger partial charge on any atom is -0.493 e. The predicted molar refractivity (Wildman–Crippen MR) is 124 cm³/mol. The number of hydrogen-bond acceptors (Lipinski definition) is 8. The number of hydrogen-bond donors (Lipinski definition) is 1. The largest absolute Gasteiger partial charge is 0.493 e. The van der Waals surface area contributed by atoms with Gasteiger partial charge in [-0.15, -0.1) is 48.6 Å². The summed E-state index contributed by atoms with van der Waals surface area (Å²) in [5.74, 6) is 1.99. The maximum atomic E-state index is 5.42. The first-order valence-electron chi connectivity index (χ1n) is 8.34. The molecule has 0 aromatic carbocycles. The van der Waals surface area contributed by atoms with Gasteiger partial charge in [0, 0.05) is 24.7 Å². The number of halogens is 3. The number of aromatic nitrogens is 3. The molecule has 0 saturated carbocycles. The molecule has 11 heteroatoms. The van der Waals surface area contributed by atoms with Gasteiger partial charge in [0.2, 0.25) is 0 Å². The van der Waals surface area contributed by atoms with Gasteiger partial charge in [-0.2, -0.15) is 0 Å². The Bertz CT molecular complexity index is 862. The molecule has 3 aromatic rings. The number of nitrogens with one attached hydrogen (secondary N) is 1. The smallest absolute Gasteiger partial charge is 0.175 e. The number of morpholine rings is 1. The molecule has 0 bridgehead atoms. The van der Waals surface area contributed by atoms with Crippen LogP contribution >= 0.6 is 48.6 Å². The van der Waals surface area contributed by atoms with Gasteiger partial charge in [-0.05, 0) is 24.3 Å². The lowest BCUT2D eigenvalue weighted by Crippen LogP contribution is -2.36. The summed E-state index contributed by atoms with van der Waals surface area (Å²) in [5, 5.41) is 6.04. The molecule has 0 spiro atoms. The number of pyridine rings is 2. The van der Waals surface area contributed by atoms with E-state index in [4.69, 9.17) is 9.47 Å². The molecular formula is C18H22Cl3N5O2S. The summed E-state index contributed by atoms with van der Waals surface area (Å²) in [6.07, 6.45) is 3.63. The second-order valence-electron chi connectivity index (χ2n) is 5.71. The highest BCUT2D eigenvalue weighted by atomic mass is 35.5. The topological polar surface area (TPSA) is 72.4 Å². The molecule has 0 aliphatic carbocycles. The summed E-state index contributed by atoms with van der Waals surface area (Å²) in [7, 11) is 1.63. The molecule has 4 rings (SSSR count). The number of nitrogens with zero attached hydrogens (tertiary/aromatic N) is 4. The zero-order valence-corrected chi connectivity index (χ0v) is 18.9. The molecule has 1 aliphatic rings. The van der Waals surface area contributed by atoms with Crippen LogP contribution in [0.25, 0.3) is 10.7 Å². The lowest BCUT2D eigenvalue weighted by Gasteiger charge is -2.28. The summed E-state index contributed by atoms with van der Waals surface area (Å²) in [6.45, 7) is 3.29. The summed E-state index contributed by atoms with van der Waals surface area (Å²) >= 11 is 1.55. The van der Waals surface area contributed by atoms with E-state index in [1.54, 1.807) is 24.6 Å². The Hall–Kier alpha value is -1.84. The highest BCUT2D eigenvalue weighted by Crippen LogP contribution is 2.30. The third kappa shape index (κ3) is 6.07. The van der Waals surface area contributed by atoms with E-state index in [2.05, 4.69) is 31.2 Å². The number of ether oxygens (including phenoxy) is 2. The molecule has 1 fully saturated rings. The highest BCUT2D eigenvalue weighted by molar-refractivity contribution is 7.13. The van der Waals surface area contributed by atoms with Gasteiger partial charge in [0.05, 0.1) is 32.2 Å². The van der Waals surface area contributed by atoms with E-state index in [1.165, 1.54) is 0 Å². The van der Waals surface area contributed by atoms with Crippen LogP contribution in [-0.4, -0.2) is 48.4 Å². The van der Waals surface area contributed by atoms with E-state index in [1.807, 2.05) is 29.8 Å². The monoisotopic (exact) mass is 477 g/mol. The molecule has 4 heterocycles. The van der Waals surface area contributed by atoms with Crippen molar-refractivity contribution >= 4 is 65.9 Å². The Morgan fingerprint density at radius 3 is 2.48 bits per heavy atom. The van der Waals surface area contributed by atoms with Gasteiger partial charge in [0.25, 0.3) is 0 Å². The van der Waals surface area contributed by atoms with E-state index in [0.717, 1.165) is 42.7 Å². The van der Waals surface area contributed by atoms with Gasteiger partial charge in [0.15, 0.2) is 11.6 Å². The van der Waals surface area contributed by atoms with E-state index >= 15 is 0 Å². The van der Waals surface area contributed by atoms with Crippen LogP contribution in [0.4, 0.5) is 17.3 Å². The molecule has 1 aliphatic heterocycles. The first-order valence-corrected chi connectivity index (χ1v) is 9.22. The fraction of sp³-hybridized carbons (Fsp3) is 0.278. The Labute approximate surface area is 192 Å². The third-order valence-corrected chi connectivity index (χ3v) is 4.90. The maximum absolute atomic E-state index is 5.42. The standard InChI is InChI=1S/C18H19N5O2S.3ClH/c1-24-15-4-3-14(18-19-6-11-26-18)21-17(15)22-16-5-2-13(12-20-16)23-7-9-25-10-8-23;;;/h2-6,11-12H,7-10H2,1H3,(H,20,21,22);3*1H. The zero-order chi connectivity index (χ0) is 17.8. The molecule has 0 unspecified atom stereocenters. The highest BCUT2D eigenvalue weighted by Gasteiger charge is 2.13. The summed E-state index contributed by atoms with van der Waals surface area (Å²) in [4.78, 5) is 15.7. The Morgan fingerprint density at radius 1 is 1.07 bits per heavy atom. The predicted octanol–water partition coefficient (Wildman–Crippen LogP) is 4.45. The normalized spacial score (nSPS) is 12.8. The minimum atomic E-state index is 0. The fourth-order valence-corrected chi connectivity index (χ4v) is 3.37. The summed E-state index contributed by atoms with van der Waals surface area (Å²) < 4.78 is 10.8. The van der Waals surface area contributed by atoms with E-state index in [0.29, 0.717) is 17.4 Å². The molecule has 0 amide bonds. The second kappa shape index (κ2) is 12.0. The van der Waals surface area contributed by atoms with Crippen molar-refractivity contribution in [2.45, 2.75) is 0 Å². The first kappa shape index (κ1) is 25.2. The van der Waals surface area contributed by atoms with Crippen molar-refractivity contribution in [2.24, 2.45) is 0 Å². The number of thiazole rings is 1. The van der Waals surface area contributed by atoms with Crippen LogP contribution in [0.2, 0.25) is 0 Å². The van der Waals surface area contributed by atoms with Gasteiger partial charge in [-0.1, -0.05) is 0 Å². The van der Waals surface area contributed by atoms with Crippen LogP contribution in [0.3, 0.4) is 0 Å². The zero-order valence-electron chi connectivity index (χ0n) is 15.6. The van der Waals surface area contributed by atoms with Crippen molar-refractivity contribution in [3.05, 3.63) is 42.0 Å². The SMILES string of the molecule is COc1ccc(-c2nccs2)nc1Nc1ccc(N2CCOCC2)cn1.Cl.Cl.Cl.